The largest absolute Gasteiger partial charge is 0.340 e. The van der Waals surface area contributed by atoms with Crippen molar-refractivity contribution in [2.45, 2.75) is 5.16 Å². The standard InChI is InChI=1S/C17H13ClFN3OS/c1-24(23)17-21-15(11-2-6-13(19)7-3-11)10-16(22-17)20-14-8-4-12(18)5-9-14/h2-10H,1H3,(H,20,21,22). The van der Waals surface area contributed by atoms with Gasteiger partial charge in [-0.15, -0.1) is 0 Å². The van der Waals surface area contributed by atoms with E-state index in [2.05, 4.69) is 15.3 Å². The second-order valence-corrected chi connectivity index (χ2v) is 6.72. The molecule has 122 valence electrons. The van der Waals surface area contributed by atoms with Crippen molar-refractivity contribution in [3.05, 3.63) is 65.4 Å². The van der Waals surface area contributed by atoms with E-state index < -0.39 is 10.8 Å². The lowest BCUT2D eigenvalue weighted by Crippen LogP contribution is -2.03. The van der Waals surface area contributed by atoms with Crippen LogP contribution in [0.1, 0.15) is 0 Å². The number of hydrogen-bond acceptors (Lipinski definition) is 4. The molecule has 1 atom stereocenters. The molecule has 3 aromatic rings. The Morgan fingerprint density at radius 2 is 1.71 bits per heavy atom. The predicted molar refractivity (Wildman–Crippen MR) is 94.5 cm³/mol. The van der Waals surface area contributed by atoms with E-state index in [1.165, 1.54) is 18.4 Å². The molecule has 1 N–H and O–H groups in total. The molecule has 4 nitrogen and oxygen atoms in total. The van der Waals surface area contributed by atoms with Gasteiger partial charge in [-0.1, -0.05) is 11.6 Å². The first kappa shape index (κ1) is 16.5. The number of nitrogens with zero attached hydrogens (tertiary/aromatic N) is 2. The molecule has 24 heavy (non-hydrogen) atoms. The molecule has 0 aliphatic heterocycles. The van der Waals surface area contributed by atoms with E-state index in [0.29, 0.717) is 22.1 Å². The van der Waals surface area contributed by atoms with Crippen LogP contribution in [0.25, 0.3) is 11.3 Å². The molecule has 2 aromatic carbocycles. The van der Waals surface area contributed by atoms with Crippen molar-refractivity contribution in [3.63, 3.8) is 0 Å². The van der Waals surface area contributed by atoms with Gasteiger partial charge >= 0.3 is 0 Å². The summed E-state index contributed by atoms with van der Waals surface area (Å²) >= 11 is 5.88. The first-order valence-electron chi connectivity index (χ1n) is 7.02. The van der Waals surface area contributed by atoms with Crippen molar-refractivity contribution >= 4 is 33.9 Å². The Morgan fingerprint density at radius 3 is 2.33 bits per heavy atom. The molecule has 0 aliphatic carbocycles. The fraction of sp³-hybridized carbons (Fsp3) is 0.0588. The first-order valence-corrected chi connectivity index (χ1v) is 8.96. The lowest BCUT2D eigenvalue weighted by Gasteiger charge is -2.09. The van der Waals surface area contributed by atoms with Crippen molar-refractivity contribution in [3.8, 4) is 11.3 Å². The van der Waals surface area contributed by atoms with E-state index >= 15 is 0 Å². The Kier molecular flexibility index (Phi) is 4.87. The van der Waals surface area contributed by atoms with Gasteiger partial charge in [0.15, 0.2) is 0 Å². The second-order valence-electron chi connectivity index (χ2n) is 5.01. The molecule has 1 unspecified atom stereocenters. The van der Waals surface area contributed by atoms with Crippen LogP contribution in [-0.4, -0.2) is 20.4 Å². The second kappa shape index (κ2) is 7.07. The quantitative estimate of drug-likeness (QED) is 0.699. The maximum atomic E-state index is 13.1. The summed E-state index contributed by atoms with van der Waals surface area (Å²) in [5, 5.41) is 3.96. The highest BCUT2D eigenvalue weighted by Gasteiger charge is 2.10. The lowest BCUT2D eigenvalue weighted by atomic mass is 10.1. The number of hydrogen-bond donors (Lipinski definition) is 1. The number of aromatic nitrogens is 2. The van der Waals surface area contributed by atoms with Crippen LogP contribution in [0.5, 0.6) is 0 Å². The Morgan fingerprint density at radius 1 is 1.04 bits per heavy atom. The highest BCUT2D eigenvalue weighted by molar-refractivity contribution is 7.84. The van der Waals surface area contributed by atoms with Gasteiger partial charge in [0.1, 0.15) is 11.6 Å². The zero-order valence-electron chi connectivity index (χ0n) is 12.7. The van der Waals surface area contributed by atoms with Crippen LogP contribution in [0.4, 0.5) is 15.9 Å². The zero-order chi connectivity index (χ0) is 17.1. The van der Waals surface area contributed by atoms with E-state index in [4.69, 9.17) is 11.6 Å². The molecule has 7 heteroatoms. The van der Waals surface area contributed by atoms with E-state index in [1.807, 2.05) is 12.1 Å². The monoisotopic (exact) mass is 361 g/mol. The third-order valence-corrected chi connectivity index (χ3v) is 4.17. The van der Waals surface area contributed by atoms with Gasteiger partial charge in [0, 0.05) is 28.6 Å². The fourth-order valence-corrected chi connectivity index (χ4v) is 2.65. The molecule has 0 saturated heterocycles. The molecule has 0 spiro atoms. The van der Waals surface area contributed by atoms with Crippen molar-refractivity contribution in [2.75, 3.05) is 11.6 Å². The SMILES string of the molecule is CS(=O)c1nc(Nc2ccc(Cl)cc2)cc(-c2ccc(F)cc2)n1. The summed E-state index contributed by atoms with van der Waals surface area (Å²) in [5.41, 5.74) is 2.06. The molecule has 0 aliphatic rings. The molecule has 0 bridgehead atoms. The highest BCUT2D eigenvalue weighted by atomic mass is 35.5. The Bertz CT molecular complexity index is 885. The van der Waals surface area contributed by atoms with Crippen LogP contribution in [0.3, 0.4) is 0 Å². The van der Waals surface area contributed by atoms with Gasteiger partial charge in [0.05, 0.1) is 16.5 Å². The van der Waals surface area contributed by atoms with Gasteiger partial charge in [-0.2, -0.15) is 0 Å². The number of benzene rings is 2. The summed E-state index contributed by atoms with van der Waals surface area (Å²) in [6, 6.07) is 14.8. The normalized spacial score (nSPS) is 12.0. The predicted octanol–water partition coefficient (Wildman–Crippen LogP) is 4.42. The number of nitrogens with one attached hydrogen (secondary N) is 1. The van der Waals surface area contributed by atoms with Gasteiger partial charge < -0.3 is 5.32 Å². The first-order chi connectivity index (χ1) is 11.5. The molecular formula is C17H13ClFN3OS. The van der Waals surface area contributed by atoms with Crippen molar-refractivity contribution in [1.29, 1.82) is 0 Å². The van der Waals surface area contributed by atoms with Crippen LogP contribution < -0.4 is 5.32 Å². The number of anilines is 2. The molecular weight excluding hydrogens is 349 g/mol. The average molecular weight is 362 g/mol. The maximum Gasteiger partial charge on any atom is 0.220 e. The Labute approximate surface area is 146 Å². The maximum absolute atomic E-state index is 13.1. The zero-order valence-corrected chi connectivity index (χ0v) is 14.2. The van der Waals surface area contributed by atoms with Crippen LogP contribution >= 0.6 is 11.6 Å². The molecule has 1 aromatic heterocycles. The molecule has 0 fully saturated rings. The van der Waals surface area contributed by atoms with Gasteiger partial charge in [-0.3, -0.25) is 4.21 Å². The van der Waals surface area contributed by atoms with Crippen molar-refractivity contribution < 1.29 is 8.60 Å². The smallest absolute Gasteiger partial charge is 0.220 e. The summed E-state index contributed by atoms with van der Waals surface area (Å²) in [4.78, 5) is 8.56. The van der Waals surface area contributed by atoms with Crippen LogP contribution in [0, 0.1) is 5.82 Å². The molecule has 0 radical (unpaired) electrons. The van der Waals surface area contributed by atoms with Gasteiger partial charge in [-0.05, 0) is 48.5 Å². The molecule has 3 rings (SSSR count). The Hall–Kier alpha value is -2.31. The van der Waals surface area contributed by atoms with E-state index in [-0.39, 0.29) is 11.0 Å². The highest BCUT2D eigenvalue weighted by Crippen LogP contribution is 2.24. The topological polar surface area (TPSA) is 54.9 Å². The van der Waals surface area contributed by atoms with Crippen LogP contribution in [0.2, 0.25) is 5.02 Å². The summed E-state index contributed by atoms with van der Waals surface area (Å²) < 4.78 is 24.9. The minimum atomic E-state index is -1.35. The summed E-state index contributed by atoms with van der Waals surface area (Å²) in [6.07, 6.45) is 1.51. The summed E-state index contributed by atoms with van der Waals surface area (Å²) in [5.74, 6) is 0.170. The lowest BCUT2D eigenvalue weighted by molar-refractivity contribution is 0.628. The van der Waals surface area contributed by atoms with Crippen molar-refractivity contribution in [1.82, 2.24) is 9.97 Å². The van der Waals surface area contributed by atoms with Crippen molar-refractivity contribution in [2.24, 2.45) is 0 Å². The number of halogens is 2. The minimum absolute atomic E-state index is 0.202. The third kappa shape index (κ3) is 3.96. The minimum Gasteiger partial charge on any atom is -0.340 e. The third-order valence-electron chi connectivity index (χ3n) is 3.22. The molecule has 1 heterocycles. The van der Waals surface area contributed by atoms with Gasteiger partial charge in [0.25, 0.3) is 0 Å². The van der Waals surface area contributed by atoms with E-state index in [9.17, 15) is 8.60 Å². The summed E-state index contributed by atoms with van der Waals surface area (Å²) in [7, 11) is -1.35. The fourth-order valence-electron chi connectivity index (χ4n) is 2.07. The average Bonchev–Trinajstić information content (AvgIpc) is 2.57. The van der Waals surface area contributed by atoms with Crippen LogP contribution in [0.15, 0.2) is 59.8 Å². The Balaban J connectivity index is 2.00. The van der Waals surface area contributed by atoms with Crippen LogP contribution in [-0.2, 0) is 10.8 Å². The number of rotatable bonds is 4. The van der Waals surface area contributed by atoms with Gasteiger partial charge in [-0.25, -0.2) is 14.4 Å². The summed E-state index contributed by atoms with van der Waals surface area (Å²) in [6.45, 7) is 0. The van der Waals surface area contributed by atoms with E-state index in [1.54, 1.807) is 30.3 Å². The molecule has 0 amide bonds. The molecule has 0 saturated carbocycles. The van der Waals surface area contributed by atoms with E-state index in [0.717, 1.165) is 5.69 Å². The van der Waals surface area contributed by atoms with Gasteiger partial charge in [0.2, 0.25) is 5.16 Å².